The summed E-state index contributed by atoms with van der Waals surface area (Å²) in [5.74, 6) is 1.69. The van der Waals surface area contributed by atoms with Crippen molar-refractivity contribution in [1.29, 1.82) is 0 Å². The SMILES string of the molecule is O=C(O)N(CCCSCCNC[C@H](O)c1ccc(O)c2[nH]c(=O)sc12)CCc1ccccc1. The van der Waals surface area contributed by atoms with Gasteiger partial charge in [0.1, 0.15) is 11.3 Å². The van der Waals surface area contributed by atoms with Crippen LogP contribution in [0.25, 0.3) is 10.2 Å². The van der Waals surface area contributed by atoms with Crippen molar-refractivity contribution in [2.45, 2.75) is 18.9 Å². The van der Waals surface area contributed by atoms with Crippen molar-refractivity contribution in [3.8, 4) is 5.75 Å². The Kier molecular flexibility index (Phi) is 9.61. The number of thiazole rings is 1. The smallest absolute Gasteiger partial charge is 0.407 e. The number of amides is 1. The Bertz CT molecular complexity index is 1090. The maximum Gasteiger partial charge on any atom is 0.407 e. The molecule has 178 valence electrons. The first-order valence-corrected chi connectivity index (χ1v) is 12.8. The Morgan fingerprint density at radius 3 is 2.70 bits per heavy atom. The summed E-state index contributed by atoms with van der Waals surface area (Å²) in [5, 5.41) is 32.9. The minimum absolute atomic E-state index is 0.00908. The summed E-state index contributed by atoms with van der Waals surface area (Å²) >= 11 is 2.71. The second-order valence-electron chi connectivity index (χ2n) is 7.58. The number of carbonyl (C=O) groups is 1. The molecular weight excluding hydrogens is 462 g/mol. The molecule has 0 aliphatic heterocycles. The second-order valence-corrected chi connectivity index (χ2v) is 9.79. The van der Waals surface area contributed by atoms with Gasteiger partial charge in [-0.3, -0.25) is 4.79 Å². The van der Waals surface area contributed by atoms with Gasteiger partial charge in [0.2, 0.25) is 0 Å². The Hall–Kier alpha value is -2.53. The monoisotopic (exact) mass is 491 g/mol. The number of aliphatic hydroxyl groups is 1. The summed E-state index contributed by atoms with van der Waals surface area (Å²) in [7, 11) is 0. The third-order valence-corrected chi connectivity index (χ3v) is 7.21. The molecule has 2 aromatic carbocycles. The number of phenols is 1. The molecule has 33 heavy (non-hydrogen) atoms. The van der Waals surface area contributed by atoms with E-state index in [0.717, 1.165) is 34.8 Å². The molecule has 0 saturated heterocycles. The number of hydrogen-bond acceptors (Lipinski definition) is 7. The summed E-state index contributed by atoms with van der Waals surface area (Å²) in [5.41, 5.74) is 2.09. The van der Waals surface area contributed by atoms with Crippen LogP contribution in [-0.4, -0.2) is 69.0 Å². The van der Waals surface area contributed by atoms with Gasteiger partial charge in [0.15, 0.2) is 0 Å². The number of aromatic hydroxyl groups is 1. The fraction of sp³-hybridized carbons (Fsp3) is 0.391. The number of hydrogen-bond donors (Lipinski definition) is 5. The molecule has 1 heterocycles. The van der Waals surface area contributed by atoms with Crippen LogP contribution >= 0.6 is 23.1 Å². The van der Waals surface area contributed by atoms with Crippen molar-refractivity contribution in [2.75, 3.05) is 37.7 Å². The van der Waals surface area contributed by atoms with Gasteiger partial charge in [-0.05, 0) is 30.2 Å². The van der Waals surface area contributed by atoms with E-state index >= 15 is 0 Å². The van der Waals surface area contributed by atoms with Crippen LogP contribution in [-0.2, 0) is 6.42 Å². The number of fused-ring (bicyclic) bond motifs is 1. The zero-order valence-corrected chi connectivity index (χ0v) is 19.8. The highest BCUT2D eigenvalue weighted by molar-refractivity contribution is 7.99. The highest BCUT2D eigenvalue weighted by Gasteiger charge is 2.16. The Morgan fingerprint density at radius 2 is 1.94 bits per heavy atom. The predicted molar refractivity (Wildman–Crippen MR) is 134 cm³/mol. The van der Waals surface area contributed by atoms with Crippen molar-refractivity contribution in [3.63, 3.8) is 0 Å². The molecule has 0 aliphatic rings. The summed E-state index contributed by atoms with van der Waals surface area (Å²) < 4.78 is 0.568. The number of H-pyrrole nitrogens is 1. The van der Waals surface area contributed by atoms with E-state index in [2.05, 4.69) is 10.3 Å². The molecule has 0 fully saturated rings. The molecule has 0 unspecified atom stereocenters. The zero-order chi connectivity index (χ0) is 23.6. The van der Waals surface area contributed by atoms with Gasteiger partial charge in [-0.15, -0.1) is 0 Å². The molecule has 8 nitrogen and oxygen atoms in total. The standard InChI is InChI=1S/C23H29N3O5S2/c27-18-8-7-17(21-20(18)25-22(29)33-21)19(28)15-24-10-14-32-13-4-11-26(23(30)31)12-9-16-5-2-1-3-6-16/h1-3,5-8,19,24,27-28H,4,9-15H2,(H,25,29)(H,30,31)/t19-/m0/s1. The number of thioether (sulfide) groups is 1. The van der Waals surface area contributed by atoms with Crippen LogP contribution in [0.15, 0.2) is 47.3 Å². The molecule has 1 aromatic heterocycles. The molecule has 0 spiro atoms. The first-order valence-electron chi connectivity index (χ1n) is 10.8. The molecule has 0 bridgehead atoms. The van der Waals surface area contributed by atoms with Crippen LogP contribution in [0.1, 0.15) is 23.7 Å². The summed E-state index contributed by atoms with van der Waals surface area (Å²) in [6.07, 6.45) is -0.188. The Balaban J connectivity index is 1.31. The molecule has 3 rings (SSSR count). The summed E-state index contributed by atoms with van der Waals surface area (Å²) in [6.45, 7) is 2.03. The lowest BCUT2D eigenvalue weighted by molar-refractivity contribution is 0.146. The lowest BCUT2D eigenvalue weighted by atomic mass is 10.1. The van der Waals surface area contributed by atoms with E-state index < -0.39 is 12.2 Å². The number of phenolic OH excluding ortho intramolecular Hbond substituents is 1. The molecule has 5 N–H and O–H groups in total. The zero-order valence-electron chi connectivity index (χ0n) is 18.2. The molecule has 3 aromatic rings. The van der Waals surface area contributed by atoms with Crippen molar-refractivity contribution in [1.82, 2.24) is 15.2 Å². The van der Waals surface area contributed by atoms with Crippen LogP contribution in [0.2, 0.25) is 0 Å². The number of aromatic amines is 1. The number of nitrogens with zero attached hydrogens (tertiary/aromatic N) is 1. The minimum atomic E-state index is -0.887. The van der Waals surface area contributed by atoms with Crippen LogP contribution in [0.5, 0.6) is 5.75 Å². The number of benzene rings is 2. The molecule has 0 radical (unpaired) electrons. The topological polar surface area (TPSA) is 126 Å². The maximum absolute atomic E-state index is 11.6. The Morgan fingerprint density at radius 1 is 1.15 bits per heavy atom. The van der Waals surface area contributed by atoms with Crippen molar-refractivity contribution < 1.29 is 20.1 Å². The average Bonchev–Trinajstić information content (AvgIpc) is 3.20. The normalized spacial score (nSPS) is 12.2. The third kappa shape index (κ3) is 7.50. The van der Waals surface area contributed by atoms with E-state index in [4.69, 9.17) is 0 Å². The highest BCUT2D eigenvalue weighted by atomic mass is 32.2. The molecule has 0 aliphatic carbocycles. The molecular formula is C23H29N3O5S2. The van der Waals surface area contributed by atoms with Gasteiger partial charge in [-0.1, -0.05) is 47.7 Å². The van der Waals surface area contributed by atoms with Crippen LogP contribution < -0.4 is 10.2 Å². The van der Waals surface area contributed by atoms with Gasteiger partial charge in [0.25, 0.3) is 0 Å². The van der Waals surface area contributed by atoms with Gasteiger partial charge < -0.3 is 30.5 Å². The quantitative estimate of drug-likeness (QED) is 0.232. The third-order valence-electron chi connectivity index (χ3n) is 5.21. The van der Waals surface area contributed by atoms with E-state index in [1.54, 1.807) is 17.8 Å². The largest absolute Gasteiger partial charge is 0.506 e. The lowest BCUT2D eigenvalue weighted by Gasteiger charge is -2.19. The van der Waals surface area contributed by atoms with E-state index in [9.17, 15) is 24.9 Å². The second kappa shape index (κ2) is 12.6. The van der Waals surface area contributed by atoms with Gasteiger partial charge in [-0.2, -0.15) is 11.8 Å². The van der Waals surface area contributed by atoms with Crippen molar-refractivity contribution in [2.24, 2.45) is 0 Å². The number of aromatic nitrogens is 1. The van der Waals surface area contributed by atoms with E-state index in [-0.39, 0.29) is 10.6 Å². The number of carboxylic acid groups (broad SMARTS) is 1. The van der Waals surface area contributed by atoms with Gasteiger partial charge in [0.05, 0.1) is 10.8 Å². The average molecular weight is 492 g/mol. The van der Waals surface area contributed by atoms with Crippen LogP contribution in [0, 0.1) is 0 Å². The molecule has 1 amide bonds. The minimum Gasteiger partial charge on any atom is -0.506 e. The fourth-order valence-corrected chi connectivity index (χ4v) is 5.21. The predicted octanol–water partition coefficient (Wildman–Crippen LogP) is 3.26. The van der Waals surface area contributed by atoms with Crippen LogP contribution in [0.3, 0.4) is 0 Å². The number of nitrogens with one attached hydrogen (secondary N) is 2. The maximum atomic E-state index is 11.6. The first-order chi connectivity index (χ1) is 16.0. The Labute approximate surface area is 200 Å². The van der Waals surface area contributed by atoms with Crippen molar-refractivity contribution in [3.05, 3.63) is 63.3 Å². The van der Waals surface area contributed by atoms with Gasteiger partial charge in [0, 0.05) is 37.5 Å². The summed E-state index contributed by atoms with van der Waals surface area (Å²) in [4.78, 5) is 26.8. The summed E-state index contributed by atoms with van der Waals surface area (Å²) in [6, 6.07) is 13.0. The van der Waals surface area contributed by atoms with E-state index in [0.29, 0.717) is 48.4 Å². The molecule has 1 atom stereocenters. The van der Waals surface area contributed by atoms with Crippen molar-refractivity contribution >= 4 is 39.4 Å². The van der Waals surface area contributed by atoms with Gasteiger partial charge >= 0.3 is 11.0 Å². The van der Waals surface area contributed by atoms with Gasteiger partial charge in [-0.25, -0.2) is 4.79 Å². The highest BCUT2D eigenvalue weighted by Crippen LogP contribution is 2.31. The first kappa shape index (κ1) is 25.1. The number of rotatable bonds is 13. The molecule has 0 saturated carbocycles. The lowest BCUT2D eigenvalue weighted by Crippen LogP contribution is -2.32. The molecule has 10 heteroatoms. The van der Waals surface area contributed by atoms with E-state index in [1.807, 2.05) is 30.3 Å². The number of aliphatic hydroxyl groups excluding tert-OH is 1. The van der Waals surface area contributed by atoms with E-state index in [1.165, 1.54) is 11.0 Å². The fourth-order valence-electron chi connectivity index (χ4n) is 3.47. The van der Waals surface area contributed by atoms with Crippen LogP contribution in [0.4, 0.5) is 4.79 Å².